The van der Waals surface area contributed by atoms with Crippen LogP contribution in [0.3, 0.4) is 0 Å². The Kier molecular flexibility index (Phi) is 4.90. The molecule has 1 aromatic heterocycles. The fourth-order valence-corrected chi connectivity index (χ4v) is 2.30. The monoisotopic (exact) mass is 356 g/mol. The molecule has 126 valence electrons. The predicted molar refractivity (Wildman–Crippen MR) is 95.9 cm³/mol. The Morgan fingerprint density at radius 2 is 1.80 bits per heavy atom. The minimum atomic E-state index is -0.411. The number of anilines is 3. The first kappa shape index (κ1) is 16.9. The van der Waals surface area contributed by atoms with Gasteiger partial charge in [0.05, 0.1) is 5.69 Å². The first-order chi connectivity index (χ1) is 12.0. The molecule has 1 heterocycles. The summed E-state index contributed by atoms with van der Waals surface area (Å²) in [5, 5.41) is 6.16. The van der Waals surface area contributed by atoms with Crippen LogP contribution in [0.5, 0.6) is 0 Å². The molecule has 0 aliphatic carbocycles. The van der Waals surface area contributed by atoms with Gasteiger partial charge in [-0.15, -0.1) is 0 Å². The second kappa shape index (κ2) is 7.27. The summed E-state index contributed by atoms with van der Waals surface area (Å²) in [5.41, 5.74) is 1.03. The Bertz CT molecular complexity index is 915. The van der Waals surface area contributed by atoms with Crippen LogP contribution < -0.4 is 10.6 Å². The summed E-state index contributed by atoms with van der Waals surface area (Å²) < 4.78 is 13.8. The summed E-state index contributed by atoms with van der Waals surface area (Å²) in [6, 6.07) is 14.4. The standard InChI is InChI=1S/C18H14ClFN4O/c1-11-21-16(18(25)23-13-8-6-12(19)7-9-13)10-17(22-11)24-15-5-3-2-4-14(15)20/h2-10H,1H3,(H,23,25)(H,21,22,24). The number of benzene rings is 2. The summed E-state index contributed by atoms with van der Waals surface area (Å²) in [5.74, 6) is -0.0863. The molecule has 2 N–H and O–H groups in total. The van der Waals surface area contributed by atoms with Gasteiger partial charge in [0, 0.05) is 16.8 Å². The van der Waals surface area contributed by atoms with Gasteiger partial charge in [-0.1, -0.05) is 23.7 Å². The summed E-state index contributed by atoms with van der Waals surface area (Å²) in [7, 11) is 0. The third-order valence-corrected chi connectivity index (χ3v) is 3.56. The molecule has 0 spiro atoms. The smallest absolute Gasteiger partial charge is 0.274 e. The number of para-hydroxylation sites is 1. The molecular formula is C18H14ClFN4O. The summed E-state index contributed by atoms with van der Waals surface area (Å²) in [6.45, 7) is 1.66. The number of aryl methyl sites for hydroxylation is 1. The highest BCUT2D eigenvalue weighted by atomic mass is 35.5. The number of hydrogen-bond acceptors (Lipinski definition) is 4. The van der Waals surface area contributed by atoms with Crippen molar-refractivity contribution < 1.29 is 9.18 Å². The Morgan fingerprint density at radius 3 is 2.52 bits per heavy atom. The highest BCUT2D eigenvalue weighted by molar-refractivity contribution is 6.30. The van der Waals surface area contributed by atoms with Gasteiger partial charge in [0.1, 0.15) is 23.2 Å². The van der Waals surface area contributed by atoms with Crippen molar-refractivity contribution in [3.8, 4) is 0 Å². The second-order valence-electron chi connectivity index (χ2n) is 5.25. The maximum Gasteiger partial charge on any atom is 0.274 e. The molecule has 1 amide bonds. The van der Waals surface area contributed by atoms with Crippen LogP contribution in [-0.2, 0) is 0 Å². The van der Waals surface area contributed by atoms with Crippen LogP contribution in [0.4, 0.5) is 21.6 Å². The number of carbonyl (C=O) groups excluding carboxylic acids is 1. The lowest BCUT2D eigenvalue weighted by Crippen LogP contribution is -2.15. The molecule has 0 atom stereocenters. The van der Waals surface area contributed by atoms with Crippen LogP contribution in [0.1, 0.15) is 16.3 Å². The zero-order chi connectivity index (χ0) is 17.8. The van der Waals surface area contributed by atoms with E-state index < -0.39 is 11.7 Å². The zero-order valence-electron chi connectivity index (χ0n) is 13.3. The summed E-state index contributed by atoms with van der Waals surface area (Å²) in [4.78, 5) is 20.7. The molecule has 2 aromatic carbocycles. The molecule has 3 rings (SSSR count). The van der Waals surface area contributed by atoms with Gasteiger partial charge < -0.3 is 10.6 Å². The number of halogens is 2. The number of rotatable bonds is 4. The van der Waals surface area contributed by atoms with E-state index in [-0.39, 0.29) is 11.4 Å². The third-order valence-electron chi connectivity index (χ3n) is 3.31. The predicted octanol–water partition coefficient (Wildman–Crippen LogP) is 4.57. The van der Waals surface area contributed by atoms with Crippen LogP contribution in [0.15, 0.2) is 54.6 Å². The van der Waals surface area contributed by atoms with E-state index in [0.717, 1.165) is 0 Å². The highest BCUT2D eigenvalue weighted by Crippen LogP contribution is 2.19. The van der Waals surface area contributed by atoms with Crippen molar-refractivity contribution >= 4 is 34.7 Å². The lowest BCUT2D eigenvalue weighted by molar-refractivity contribution is 0.102. The molecular weight excluding hydrogens is 343 g/mol. The summed E-state index contributed by atoms with van der Waals surface area (Å²) in [6.07, 6.45) is 0. The van der Waals surface area contributed by atoms with Crippen molar-refractivity contribution in [3.63, 3.8) is 0 Å². The molecule has 0 saturated carbocycles. The van der Waals surface area contributed by atoms with E-state index in [4.69, 9.17) is 11.6 Å². The third kappa shape index (κ3) is 4.30. The molecule has 0 unspecified atom stereocenters. The van der Waals surface area contributed by atoms with Gasteiger partial charge in [0.2, 0.25) is 0 Å². The lowest BCUT2D eigenvalue weighted by Gasteiger charge is -2.10. The Labute approximate surface area is 148 Å². The number of nitrogens with zero attached hydrogens (tertiary/aromatic N) is 2. The number of hydrogen-bond donors (Lipinski definition) is 2. The molecule has 0 aliphatic heterocycles. The van der Waals surface area contributed by atoms with Gasteiger partial charge in [-0.25, -0.2) is 14.4 Å². The van der Waals surface area contributed by atoms with Crippen molar-refractivity contribution in [3.05, 3.63) is 77.0 Å². The van der Waals surface area contributed by atoms with Crippen molar-refractivity contribution in [2.24, 2.45) is 0 Å². The molecule has 0 bridgehead atoms. The van der Waals surface area contributed by atoms with E-state index in [1.54, 1.807) is 49.4 Å². The first-order valence-electron chi connectivity index (χ1n) is 7.45. The zero-order valence-corrected chi connectivity index (χ0v) is 14.0. The van der Waals surface area contributed by atoms with Crippen LogP contribution in [0, 0.1) is 12.7 Å². The van der Waals surface area contributed by atoms with Gasteiger partial charge in [0.25, 0.3) is 5.91 Å². The van der Waals surface area contributed by atoms with Crippen LogP contribution >= 0.6 is 11.6 Å². The average molecular weight is 357 g/mol. The molecule has 0 saturated heterocycles. The minimum absolute atomic E-state index is 0.168. The molecule has 25 heavy (non-hydrogen) atoms. The van der Waals surface area contributed by atoms with Crippen molar-refractivity contribution in [1.29, 1.82) is 0 Å². The average Bonchev–Trinajstić information content (AvgIpc) is 2.58. The maximum absolute atomic E-state index is 13.8. The topological polar surface area (TPSA) is 66.9 Å². The number of nitrogens with one attached hydrogen (secondary N) is 2. The second-order valence-corrected chi connectivity index (χ2v) is 5.69. The Balaban J connectivity index is 1.82. The molecule has 0 radical (unpaired) electrons. The van der Waals surface area contributed by atoms with Gasteiger partial charge in [-0.3, -0.25) is 4.79 Å². The number of amides is 1. The van der Waals surface area contributed by atoms with E-state index in [1.165, 1.54) is 12.1 Å². The fraction of sp³-hybridized carbons (Fsp3) is 0.0556. The molecule has 7 heteroatoms. The minimum Gasteiger partial charge on any atom is -0.338 e. The van der Waals surface area contributed by atoms with Crippen molar-refractivity contribution in [1.82, 2.24) is 9.97 Å². The summed E-state index contributed by atoms with van der Waals surface area (Å²) >= 11 is 5.82. The van der Waals surface area contributed by atoms with E-state index >= 15 is 0 Å². The SMILES string of the molecule is Cc1nc(Nc2ccccc2F)cc(C(=O)Nc2ccc(Cl)cc2)n1. The van der Waals surface area contributed by atoms with Crippen LogP contribution in [0.2, 0.25) is 5.02 Å². The fourth-order valence-electron chi connectivity index (χ4n) is 2.18. The van der Waals surface area contributed by atoms with Crippen molar-refractivity contribution in [2.75, 3.05) is 10.6 Å². The van der Waals surface area contributed by atoms with E-state index in [1.807, 2.05) is 0 Å². The van der Waals surface area contributed by atoms with Gasteiger partial charge >= 0.3 is 0 Å². The maximum atomic E-state index is 13.8. The number of carbonyl (C=O) groups is 1. The Morgan fingerprint density at radius 1 is 1.08 bits per heavy atom. The van der Waals surface area contributed by atoms with Gasteiger partial charge in [0.15, 0.2) is 0 Å². The van der Waals surface area contributed by atoms with Gasteiger partial charge in [-0.2, -0.15) is 0 Å². The largest absolute Gasteiger partial charge is 0.338 e. The van der Waals surface area contributed by atoms with Crippen LogP contribution in [0.25, 0.3) is 0 Å². The van der Waals surface area contributed by atoms with Gasteiger partial charge in [-0.05, 0) is 43.3 Å². The van der Waals surface area contributed by atoms with Crippen LogP contribution in [-0.4, -0.2) is 15.9 Å². The Hall–Kier alpha value is -2.99. The normalized spacial score (nSPS) is 10.4. The number of aromatic nitrogens is 2. The molecule has 0 fully saturated rings. The van der Waals surface area contributed by atoms with E-state index in [0.29, 0.717) is 22.4 Å². The quantitative estimate of drug-likeness (QED) is 0.718. The lowest BCUT2D eigenvalue weighted by atomic mass is 10.2. The van der Waals surface area contributed by atoms with E-state index in [9.17, 15) is 9.18 Å². The molecule has 5 nitrogen and oxygen atoms in total. The first-order valence-corrected chi connectivity index (χ1v) is 7.83. The highest BCUT2D eigenvalue weighted by Gasteiger charge is 2.12. The van der Waals surface area contributed by atoms with E-state index in [2.05, 4.69) is 20.6 Å². The molecule has 3 aromatic rings. The molecule has 0 aliphatic rings. The van der Waals surface area contributed by atoms with Crippen molar-refractivity contribution in [2.45, 2.75) is 6.92 Å².